The van der Waals surface area contributed by atoms with Crippen LogP contribution in [0.15, 0.2) is 0 Å². The Morgan fingerprint density at radius 1 is 1.42 bits per heavy atom. The van der Waals surface area contributed by atoms with E-state index < -0.39 is 18.6 Å². The van der Waals surface area contributed by atoms with Crippen molar-refractivity contribution in [2.45, 2.75) is 46.1 Å². The maximum atomic E-state index is 11.0. The third-order valence-electron chi connectivity index (χ3n) is 1.52. The van der Waals surface area contributed by atoms with Gasteiger partial charge in [-0.3, -0.25) is 0 Å². The molecule has 0 saturated carbocycles. The van der Waals surface area contributed by atoms with Crippen molar-refractivity contribution in [2.24, 2.45) is 0 Å². The average molecular weight is 210 g/mol. The van der Waals surface area contributed by atoms with Crippen molar-refractivity contribution in [3.05, 3.63) is 0 Å². The van der Waals surface area contributed by atoms with E-state index in [1.54, 1.807) is 0 Å². The summed E-state index contributed by atoms with van der Waals surface area (Å²) in [4.78, 5) is 0. The summed E-state index contributed by atoms with van der Waals surface area (Å²) in [6.45, 7) is 6.38. The molecule has 4 heteroatoms. The van der Waals surface area contributed by atoms with Crippen molar-refractivity contribution in [1.82, 2.24) is 0 Å². The molecule has 1 unspecified atom stereocenters. The molecule has 0 radical (unpaired) electrons. The van der Waals surface area contributed by atoms with Crippen LogP contribution >= 0.6 is 0 Å². The van der Waals surface area contributed by atoms with Gasteiger partial charge in [0.25, 0.3) is 0 Å². The van der Waals surface area contributed by atoms with E-state index in [0.717, 1.165) is 19.3 Å². The van der Waals surface area contributed by atoms with Crippen LogP contribution in [0.2, 0.25) is 0 Å². The van der Waals surface area contributed by atoms with Crippen molar-refractivity contribution >= 4 is 0 Å². The molecule has 0 aromatic heterocycles. The molecule has 0 aliphatic heterocycles. The molecule has 12 heavy (non-hydrogen) atoms. The van der Waals surface area contributed by atoms with E-state index in [0.29, 0.717) is 6.61 Å². The van der Waals surface area contributed by atoms with E-state index in [9.17, 15) is 3.32 Å². The molecule has 0 bridgehead atoms. The van der Waals surface area contributed by atoms with Crippen LogP contribution in [0.5, 0.6) is 0 Å². The predicted octanol–water partition coefficient (Wildman–Crippen LogP) is 2.41. The molecule has 0 aliphatic rings. The zero-order chi connectivity index (χ0) is 9.40. The van der Waals surface area contributed by atoms with E-state index in [-0.39, 0.29) is 6.10 Å². The summed E-state index contributed by atoms with van der Waals surface area (Å²) >= 11 is -2.80. The van der Waals surface area contributed by atoms with E-state index in [2.05, 4.69) is 6.92 Å². The molecule has 72 valence electrons. The summed E-state index contributed by atoms with van der Waals surface area (Å²) in [6.07, 6.45) is 3.33. The van der Waals surface area contributed by atoms with Crippen LogP contribution in [-0.2, 0) is 28.6 Å². The minimum absolute atomic E-state index is 0.0870. The van der Waals surface area contributed by atoms with Crippen molar-refractivity contribution in [3.8, 4) is 0 Å². The van der Waals surface area contributed by atoms with E-state index in [1.807, 2.05) is 13.8 Å². The van der Waals surface area contributed by atoms with E-state index >= 15 is 0 Å². The van der Waals surface area contributed by atoms with Crippen LogP contribution in [0.4, 0.5) is 0 Å². The Balaban J connectivity index is 3.40. The molecule has 0 heterocycles. The van der Waals surface area contributed by atoms with E-state index in [1.165, 1.54) is 0 Å². The fourth-order valence-corrected chi connectivity index (χ4v) is 2.04. The first-order chi connectivity index (χ1) is 5.70. The summed E-state index contributed by atoms with van der Waals surface area (Å²) in [5, 5.41) is 0. The third-order valence-corrected chi connectivity index (χ3v) is 3.27. The van der Waals surface area contributed by atoms with Gasteiger partial charge in [0.1, 0.15) is 0 Å². The first-order valence-corrected chi connectivity index (χ1v) is 6.45. The number of hydrogen-bond acceptors (Lipinski definition) is 3. The van der Waals surface area contributed by atoms with Crippen molar-refractivity contribution in [2.75, 3.05) is 6.61 Å². The molecular formula is C8H18O3Ti. The Labute approximate surface area is 81.5 Å². The molecular weight excluding hydrogens is 192 g/mol. The fraction of sp³-hybridized carbons (Fsp3) is 1.00. The average Bonchev–Trinajstić information content (AvgIpc) is 2.01. The van der Waals surface area contributed by atoms with Gasteiger partial charge in [0.2, 0.25) is 0 Å². The Bertz CT molecular complexity index is 127. The Morgan fingerprint density at radius 3 is 2.58 bits per heavy atom. The van der Waals surface area contributed by atoms with Crippen LogP contribution in [0, 0.1) is 0 Å². The van der Waals surface area contributed by atoms with Crippen LogP contribution in [-0.4, -0.2) is 12.7 Å². The second-order valence-corrected chi connectivity index (χ2v) is 4.35. The third kappa shape index (κ3) is 7.10. The van der Waals surface area contributed by atoms with Crippen molar-refractivity contribution in [1.29, 1.82) is 0 Å². The molecule has 0 saturated heterocycles. The predicted molar refractivity (Wildman–Crippen MR) is 42.4 cm³/mol. The second-order valence-electron chi connectivity index (χ2n) is 2.75. The number of unbranched alkanes of at least 4 members (excludes halogenated alkanes) is 1. The topological polar surface area (TPSA) is 35.5 Å². The van der Waals surface area contributed by atoms with Gasteiger partial charge in [-0.2, -0.15) is 0 Å². The van der Waals surface area contributed by atoms with Crippen LogP contribution in [0.1, 0.15) is 40.0 Å². The van der Waals surface area contributed by atoms with Gasteiger partial charge < -0.3 is 0 Å². The summed E-state index contributed by atoms with van der Waals surface area (Å²) in [5.41, 5.74) is 0. The summed E-state index contributed by atoms with van der Waals surface area (Å²) < 4.78 is 21.1. The first kappa shape index (κ1) is 12.4. The normalized spacial score (nSPS) is 12.9. The molecule has 0 aromatic rings. The van der Waals surface area contributed by atoms with E-state index in [4.69, 9.17) is 6.64 Å². The minimum atomic E-state index is -2.80. The fourth-order valence-electron chi connectivity index (χ4n) is 0.867. The molecule has 1 atom stereocenters. The summed E-state index contributed by atoms with van der Waals surface area (Å²) in [6, 6.07) is 0. The number of hydrogen-bond donors (Lipinski definition) is 0. The maximum absolute atomic E-state index is 11.0. The zero-order valence-electron chi connectivity index (χ0n) is 8.13. The molecule has 0 rings (SSSR count). The molecule has 0 aromatic carbocycles. The molecule has 0 aliphatic carbocycles. The molecule has 0 N–H and O–H groups in total. The van der Waals surface area contributed by atoms with Gasteiger partial charge in [-0.25, -0.2) is 0 Å². The van der Waals surface area contributed by atoms with Gasteiger partial charge in [-0.15, -0.1) is 0 Å². The Morgan fingerprint density at radius 2 is 2.08 bits per heavy atom. The monoisotopic (exact) mass is 210 g/mol. The zero-order valence-corrected chi connectivity index (χ0v) is 9.69. The molecule has 0 fully saturated rings. The van der Waals surface area contributed by atoms with Gasteiger partial charge in [-0.1, -0.05) is 0 Å². The first-order valence-electron chi connectivity index (χ1n) is 4.54. The van der Waals surface area contributed by atoms with Gasteiger partial charge in [0, 0.05) is 0 Å². The summed E-state index contributed by atoms with van der Waals surface area (Å²) in [5.74, 6) is 0. The van der Waals surface area contributed by atoms with Gasteiger partial charge in [0.15, 0.2) is 0 Å². The van der Waals surface area contributed by atoms with Gasteiger partial charge >= 0.3 is 81.3 Å². The Hall–Kier alpha value is 0.434. The van der Waals surface area contributed by atoms with Crippen LogP contribution in [0.3, 0.4) is 0 Å². The molecule has 3 nitrogen and oxygen atoms in total. The van der Waals surface area contributed by atoms with Gasteiger partial charge in [0.05, 0.1) is 0 Å². The number of rotatable bonds is 7. The quantitative estimate of drug-likeness (QED) is 0.605. The van der Waals surface area contributed by atoms with Gasteiger partial charge in [-0.05, 0) is 0 Å². The van der Waals surface area contributed by atoms with Crippen molar-refractivity contribution in [3.63, 3.8) is 0 Å². The second kappa shape index (κ2) is 8.05. The van der Waals surface area contributed by atoms with Crippen LogP contribution < -0.4 is 0 Å². The van der Waals surface area contributed by atoms with Crippen molar-refractivity contribution < 1.29 is 28.6 Å². The molecule has 0 spiro atoms. The Kier molecular flexibility index (Phi) is 8.34. The summed E-state index contributed by atoms with van der Waals surface area (Å²) in [7, 11) is 0. The standard InChI is InChI=1S/C6H13O.C2H5O.O.Ti/c1-3-4-5-6(2)7;1-2-3;;/h6H,3-5H2,1-2H3;2H2,1H3;;/q2*-1;;+2. The SMILES string of the molecule is CCCCC(C)[O][Ti](=[O])[O]CC. The van der Waals surface area contributed by atoms with Crippen LogP contribution in [0.25, 0.3) is 0 Å². The molecule has 0 amide bonds.